The van der Waals surface area contributed by atoms with E-state index in [9.17, 15) is 9.18 Å². The molecule has 3 aliphatic heterocycles. The fourth-order valence-corrected chi connectivity index (χ4v) is 5.47. The number of nitrogens with zero attached hydrogens (tertiary/aromatic N) is 1. The van der Waals surface area contributed by atoms with Gasteiger partial charge >= 0.3 is 0 Å². The van der Waals surface area contributed by atoms with E-state index in [4.69, 9.17) is 14.2 Å². The van der Waals surface area contributed by atoms with Crippen LogP contribution in [0.25, 0.3) is 11.1 Å². The van der Waals surface area contributed by atoms with Crippen LogP contribution in [0, 0.1) is 5.82 Å². The molecule has 1 N–H and O–H groups in total. The highest BCUT2D eigenvalue weighted by Gasteiger charge is 2.42. The molecular formula is C29H37FN2O4. The fraction of sp³-hybridized carbons (Fsp3) is 0.552. The second-order valence-electron chi connectivity index (χ2n) is 10.3. The van der Waals surface area contributed by atoms with Crippen LogP contribution in [0.4, 0.5) is 4.39 Å². The molecule has 6 rings (SSSR count). The molecule has 0 aromatic heterocycles. The molecule has 1 unspecified atom stereocenters. The highest BCUT2D eigenvalue weighted by atomic mass is 19.1. The molecule has 4 aliphatic rings. The minimum absolute atomic E-state index is 0.0727. The molecule has 2 aromatic carbocycles. The molecule has 0 radical (unpaired) electrons. The van der Waals surface area contributed by atoms with Crippen molar-refractivity contribution in [2.45, 2.75) is 69.5 Å². The number of likely N-dealkylation sites (tertiary alicyclic amines) is 1. The second-order valence-corrected chi connectivity index (χ2v) is 10.3. The lowest BCUT2D eigenvalue weighted by Crippen LogP contribution is -2.54. The summed E-state index contributed by atoms with van der Waals surface area (Å²) in [6.45, 7) is 4.54. The molecule has 3 fully saturated rings. The van der Waals surface area contributed by atoms with Crippen molar-refractivity contribution in [3.63, 3.8) is 0 Å². The van der Waals surface area contributed by atoms with Gasteiger partial charge in [-0.3, -0.25) is 9.69 Å². The van der Waals surface area contributed by atoms with Crippen molar-refractivity contribution in [2.75, 3.05) is 33.3 Å². The summed E-state index contributed by atoms with van der Waals surface area (Å²) in [4.78, 5) is 13.4. The van der Waals surface area contributed by atoms with Gasteiger partial charge in [0, 0.05) is 50.7 Å². The Labute approximate surface area is 213 Å². The zero-order valence-corrected chi connectivity index (χ0v) is 21.1. The number of carbonyl (C=O) groups excluding carboxylic acids is 1. The summed E-state index contributed by atoms with van der Waals surface area (Å²) in [5.74, 6) is -0.154. The molecule has 3 heterocycles. The Morgan fingerprint density at radius 1 is 1.08 bits per heavy atom. The first kappa shape index (κ1) is 25.3. The van der Waals surface area contributed by atoms with Gasteiger partial charge in [-0.1, -0.05) is 18.6 Å². The number of rotatable bonds is 5. The van der Waals surface area contributed by atoms with Crippen LogP contribution in [-0.4, -0.2) is 62.4 Å². The van der Waals surface area contributed by atoms with Crippen molar-refractivity contribution < 1.29 is 23.4 Å². The van der Waals surface area contributed by atoms with Gasteiger partial charge in [0.15, 0.2) is 6.29 Å². The third-order valence-electron chi connectivity index (χ3n) is 7.91. The highest BCUT2D eigenvalue weighted by molar-refractivity contribution is 5.77. The highest BCUT2D eigenvalue weighted by Crippen LogP contribution is 2.40. The van der Waals surface area contributed by atoms with Crippen LogP contribution in [0.15, 0.2) is 36.4 Å². The number of benzene rings is 2. The summed E-state index contributed by atoms with van der Waals surface area (Å²) >= 11 is 0. The second kappa shape index (κ2) is 11.4. The van der Waals surface area contributed by atoms with Gasteiger partial charge < -0.3 is 19.5 Å². The molecule has 1 atom stereocenters. The lowest BCUT2D eigenvalue weighted by molar-refractivity contribution is -0.231. The Morgan fingerprint density at radius 2 is 1.86 bits per heavy atom. The molecule has 7 heteroatoms. The maximum atomic E-state index is 13.9. The summed E-state index contributed by atoms with van der Waals surface area (Å²) in [5.41, 5.74) is 2.67. The number of piperidine rings is 1. The van der Waals surface area contributed by atoms with E-state index in [2.05, 4.69) is 10.2 Å². The number of carbonyl (C=O) groups is 1. The summed E-state index contributed by atoms with van der Waals surface area (Å²) in [6, 6.07) is 11.3. The number of fused-ring (bicyclic) bond motifs is 1. The van der Waals surface area contributed by atoms with Gasteiger partial charge in [0.1, 0.15) is 11.6 Å². The Bertz CT molecular complexity index is 1040. The van der Waals surface area contributed by atoms with Crippen LogP contribution in [-0.2, 0) is 16.1 Å². The predicted molar refractivity (Wildman–Crippen MR) is 137 cm³/mol. The predicted octanol–water partition coefficient (Wildman–Crippen LogP) is 4.94. The number of aldehydes is 1. The van der Waals surface area contributed by atoms with Crippen molar-refractivity contribution in [2.24, 2.45) is 0 Å². The lowest BCUT2D eigenvalue weighted by atomic mass is 9.89. The normalized spacial score (nSPS) is 23.2. The summed E-state index contributed by atoms with van der Waals surface area (Å²) < 4.78 is 31.8. The molecule has 194 valence electrons. The van der Waals surface area contributed by atoms with Gasteiger partial charge in [0.2, 0.25) is 5.79 Å². The average molecular weight is 497 g/mol. The molecule has 0 bridgehead atoms. The number of halogens is 1. The quantitative estimate of drug-likeness (QED) is 0.592. The topological polar surface area (TPSA) is 60.0 Å². The largest absolute Gasteiger partial charge is 0.462 e. The summed E-state index contributed by atoms with van der Waals surface area (Å²) in [7, 11) is 1.96. The molecule has 36 heavy (non-hydrogen) atoms. The number of hydrogen-bond acceptors (Lipinski definition) is 6. The van der Waals surface area contributed by atoms with E-state index in [1.54, 1.807) is 6.07 Å². The van der Waals surface area contributed by atoms with Crippen LogP contribution in [0.5, 0.6) is 5.75 Å². The van der Waals surface area contributed by atoms with Crippen LogP contribution >= 0.6 is 0 Å². The zero-order chi connectivity index (χ0) is 25.0. The third-order valence-corrected chi connectivity index (χ3v) is 7.91. The number of likely N-dealkylation sites (N-methyl/N-ethyl adjacent to an activating group) is 1. The van der Waals surface area contributed by atoms with E-state index in [1.807, 2.05) is 25.2 Å². The van der Waals surface area contributed by atoms with Crippen molar-refractivity contribution in [3.05, 3.63) is 53.3 Å². The van der Waals surface area contributed by atoms with Gasteiger partial charge in [-0.05, 0) is 68.1 Å². The molecule has 1 aliphatic carbocycles. The molecule has 0 amide bonds. The first-order valence-corrected chi connectivity index (χ1v) is 13.3. The first-order valence-electron chi connectivity index (χ1n) is 13.3. The van der Waals surface area contributed by atoms with Crippen molar-refractivity contribution in [1.29, 1.82) is 0 Å². The van der Waals surface area contributed by atoms with Gasteiger partial charge in [0.05, 0.1) is 18.3 Å². The number of hydrogen-bond donors (Lipinski definition) is 1. The first-order chi connectivity index (χ1) is 17.6. The van der Waals surface area contributed by atoms with E-state index >= 15 is 0 Å². The summed E-state index contributed by atoms with van der Waals surface area (Å²) in [5, 5.41) is 3.08. The Morgan fingerprint density at radius 3 is 2.50 bits per heavy atom. The molecule has 1 saturated carbocycles. The van der Waals surface area contributed by atoms with Crippen molar-refractivity contribution in [1.82, 2.24) is 10.2 Å². The van der Waals surface area contributed by atoms with Crippen LogP contribution < -0.4 is 10.1 Å². The van der Waals surface area contributed by atoms with Gasteiger partial charge in [-0.25, -0.2) is 4.39 Å². The van der Waals surface area contributed by atoms with E-state index in [0.29, 0.717) is 19.0 Å². The van der Waals surface area contributed by atoms with E-state index in [0.717, 1.165) is 67.6 Å². The van der Waals surface area contributed by atoms with E-state index < -0.39 is 11.6 Å². The standard InChI is InChI=1S/C23H24FNO3.C6H13NO/c24-21-13-17(4-5-18(21)14-26)16-6-7-22-19(12-16)15-27-23(28-22)8-10-25(11-9-23)20-2-1-3-20;1-7-5-6-3-2-4-8-6/h4-7,12-14,20H,1-3,8-11,15H2;6-7H,2-5H2,1H3. The molecular weight excluding hydrogens is 459 g/mol. The minimum Gasteiger partial charge on any atom is -0.462 e. The van der Waals surface area contributed by atoms with Crippen LogP contribution in [0.3, 0.4) is 0 Å². The van der Waals surface area contributed by atoms with Crippen molar-refractivity contribution in [3.8, 4) is 16.9 Å². The zero-order valence-electron chi connectivity index (χ0n) is 21.1. The minimum atomic E-state index is -0.507. The SMILES string of the molecule is CNCC1CCCO1.O=Cc1ccc(-c2ccc3c(c2)COC2(CCN(C4CCC4)CC2)O3)cc1F. The van der Waals surface area contributed by atoms with Crippen LogP contribution in [0.2, 0.25) is 0 Å². The smallest absolute Gasteiger partial charge is 0.213 e. The maximum Gasteiger partial charge on any atom is 0.213 e. The monoisotopic (exact) mass is 496 g/mol. The average Bonchev–Trinajstić information content (AvgIpc) is 3.38. The molecule has 1 spiro atoms. The number of nitrogens with one attached hydrogen (secondary N) is 1. The molecule has 6 nitrogen and oxygen atoms in total. The fourth-order valence-electron chi connectivity index (χ4n) is 5.47. The maximum absolute atomic E-state index is 13.9. The summed E-state index contributed by atoms with van der Waals surface area (Å²) in [6.07, 6.45) is 9.31. The van der Waals surface area contributed by atoms with Gasteiger partial charge in [-0.15, -0.1) is 0 Å². The Kier molecular flexibility index (Phi) is 8.01. The Balaban J connectivity index is 0.000000286. The number of ether oxygens (including phenoxy) is 3. The molecule has 2 aromatic rings. The van der Waals surface area contributed by atoms with Gasteiger partial charge in [-0.2, -0.15) is 0 Å². The lowest BCUT2D eigenvalue weighted by Gasteiger charge is -2.47. The third kappa shape index (κ3) is 5.65. The molecule has 2 saturated heterocycles. The van der Waals surface area contributed by atoms with E-state index in [1.165, 1.54) is 44.2 Å². The Hall–Kier alpha value is -2.32. The van der Waals surface area contributed by atoms with E-state index in [-0.39, 0.29) is 5.56 Å². The van der Waals surface area contributed by atoms with Crippen molar-refractivity contribution >= 4 is 6.29 Å². The van der Waals surface area contributed by atoms with Crippen LogP contribution in [0.1, 0.15) is 60.9 Å². The van der Waals surface area contributed by atoms with Gasteiger partial charge in [0.25, 0.3) is 0 Å².